The van der Waals surface area contributed by atoms with Crippen LogP contribution < -0.4 is 15.8 Å². The van der Waals surface area contributed by atoms with Crippen molar-refractivity contribution in [1.82, 2.24) is 29.7 Å². The van der Waals surface area contributed by atoms with E-state index in [0.29, 0.717) is 28.0 Å². The average Bonchev–Trinajstić information content (AvgIpc) is 3.26. The summed E-state index contributed by atoms with van der Waals surface area (Å²) in [4.78, 5) is 30.4. The van der Waals surface area contributed by atoms with Crippen molar-refractivity contribution >= 4 is 34.6 Å². The number of esters is 1. The average molecular weight is 477 g/mol. The zero-order chi connectivity index (χ0) is 25.1. The highest BCUT2D eigenvalue weighted by atomic mass is 16.5. The molecule has 0 atom stereocenters. The van der Waals surface area contributed by atoms with Gasteiger partial charge in [0.2, 0.25) is 11.9 Å². The van der Waals surface area contributed by atoms with Crippen LogP contribution in [0.3, 0.4) is 0 Å². The summed E-state index contributed by atoms with van der Waals surface area (Å²) in [5.74, 6) is 0.614. The largest absolute Gasteiger partial charge is 0.495 e. The van der Waals surface area contributed by atoms with Crippen molar-refractivity contribution in [1.29, 1.82) is 0 Å². The Balaban J connectivity index is 1.58. The van der Waals surface area contributed by atoms with E-state index in [0.717, 1.165) is 5.69 Å². The van der Waals surface area contributed by atoms with Crippen LogP contribution in [0.4, 0.5) is 17.6 Å². The minimum absolute atomic E-state index is 0.00458. The van der Waals surface area contributed by atoms with Crippen LogP contribution >= 0.6 is 0 Å². The molecule has 0 saturated heterocycles. The summed E-state index contributed by atoms with van der Waals surface area (Å²) in [6.07, 6.45) is 1.64. The molecule has 0 aliphatic heterocycles. The zero-order valence-corrected chi connectivity index (χ0v) is 20.3. The van der Waals surface area contributed by atoms with E-state index in [4.69, 9.17) is 20.2 Å². The molecule has 0 fully saturated rings. The van der Waals surface area contributed by atoms with Crippen LogP contribution in [0.2, 0.25) is 0 Å². The standard InChI is InChI=1S/C24H28N8O3/c1-13(2)18-10-15(16-11-26-32(14(3)4)21(16)27-18)22(33)35-12-20-29-23(25)31-24(30-20)28-17-8-6-7-9-19(17)34-5/h6-11,13-14H,12H2,1-5H3,(H3,25,28,29,30,31). The van der Waals surface area contributed by atoms with Crippen molar-refractivity contribution in [2.45, 2.75) is 46.3 Å². The fourth-order valence-corrected chi connectivity index (χ4v) is 3.51. The second-order valence-corrected chi connectivity index (χ2v) is 8.50. The number of carbonyl (C=O) groups excluding carboxylic acids is 1. The monoisotopic (exact) mass is 476 g/mol. The van der Waals surface area contributed by atoms with Crippen LogP contribution in [-0.4, -0.2) is 42.8 Å². The summed E-state index contributed by atoms with van der Waals surface area (Å²) in [6, 6.07) is 9.16. The molecule has 0 unspecified atom stereocenters. The van der Waals surface area contributed by atoms with Gasteiger partial charge in [0, 0.05) is 11.7 Å². The van der Waals surface area contributed by atoms with Crippen molar-refractivity contribution < 1.29 is 14.3 Å². The SMILES string of the molecule is COc1ccccc1Nc1nc(N)nc(COC(=O)c2cc(C(C)C)nc3c2cnn3C(C)C)n1. The van der Waals surface area contributed by atoms with E-state index in [1.807, 2.05) is 45.9 Å². The second-order valence-electron chi connectivity index (χ2n) is 8.50. The van der Waals surface area contributed by atoms with Crippen molar-refractivity contribution in [2.24, 2.45) is 0 Å². The van der Waals surface area contributed by atoms with Crippen molar-refractivity contribution in [3.05, 3.63) is 53.6 Å². The second kappa shape index (κ2) is 9.92. The number of carbonyl (C=O) groups is 1. The van der Waals surface area contributed by atoms with E-state index >= 15 is 0 Å². The zero-order valence-electron chi connectivity index (χ0n) is 20.3. The highest BCUT2D eigenvalue weighted by Crippen LogP contribution is 2.27. The lowest BCUT2D eigenvalue weighted by Crippen LogP contribution is -2.12. The summed E-state index contributed by atoms with van der Waals surface area (Å²) in [6.45, 7) is 7.86. The Labute approximate surface area is 202 Å². The molecule has 0 bridgehead atoms. The maximum Gasteiger partial charge on any atom is 0.339 e. The first-order chi connectivity index (χ1) is 16.8. The number of nitrogens with two attached hydrogens (primary N) is 1. The third kappa shape index (κ3) is 5.13. The van der Waals surface area contributed by atoms with Gasteiger partial charge in [-0.25, -0.2) is 14.5 Å². The maximum atomic E-state index is 13.1. The van der Waals surface area contributed by atoms with Gasteiger partial charge in [0.15, 0.2) is 18.1 Å². The molecule has 4 rings (SSSR count). The van der Waals surface area contributed by atoms with E-state index < -0.39 is 5.97 Å². The van der Waals surface area contributed by atoms with Crippen LogP contribution in [0.5, 0.6) is 5.75 Å². The summed E-state index contributed by atoms with van der Waals surface area (Å²) in [5.41, 5.74) is 8.34. The molecule has 0 amide bonds. The number of aromatic nitrogens is 6. The van der Waals surface area contributed by atoms with Crippen LogP contribution in [0.15, 0.2) is 36.5 Å². The molecule has 3 N–H and O–H groups in total. The van der Waals surface area contributed by atoms with Gasteiger partial charge >= 0.3 is 5.97 Å². The number of pyridine rings is 1. The number of methoxy groups -OCH3 is 1. The third-order valence-electron chi connectivity index (χ3n) is 5.27. The van der Waals surface area contributed by atoms with Gasteiger partial charge in [0.1, 0.15) is 5.75 Å². The number of nitrogen functional groups attached to an aromatic ring is 1. The highest BCUT2D eigenvalue weighted by molar-refractivity contribution is 6.02. The number of hydrogen-bond donors (Lipinski definition) is 2. The van der Waals surface area contributed by atoms with Crippen molar-refractivity contribution in [3.63, 3.8) is 0 Å². The molecule has 0 saturated carbocycles. The first-order valence-electron chi connectivity index (χ1n) is 11.2. The number of rotatable bonds is 8. The van der Waals surface area contributed by atoms with Gasteiger partial charge < -0.3 is 20.5 Å². The first kappa shape index (κ1) is 23.9. The number of nitrogens with one attached hydrogen (secondary N) is 1. The molecule has 1 aromatic carbocycles. The van der Waals surface area contributed by atoms with Crippen LogP contribution in [-0.2, 0) is 11.3 Å². The molecule has 0 spiro atoms. The Morgan fingerprint density at radius 3 is 2.60 bits per heavy atom. The fraction of sp³-hybridized carbons (Fsp3) is 0.333. The van der Waals surface area contributed by atoms with E-state index in [1.54, 1.807) is 30.1 Å². The molecule has 35 heavy (non-hydrogen) atoms. The van der Waals surface area contributed by atoms with Gasteiger partial charge in [-0.05, 0) is 38.0 Å². The molecule has 0 radical (unpaired) electrons. The van der Waals surface area contributed by atoms with Gasteiger partial charge in [0.05, 0.1) is 29.9 Å². The van der Waals surface area contributed by atoms with Gasteiger partial charge in [-0.2, -0.15) is 20.1 Å². The number of nitrogens with zero attached hydrogens (tertiary/aromatic N) is 6. The summed E-state index contributed by atoms with van der Waals surface area (Å²) >= 11 is 0. The van der Waals surface area contributed by atoms with Gasteiger partial charge in [-0.15, -0.1) is 0 Å². The maximum absolute atomic E-state index is 13.1. The normalized spacial score (nSPS) is 11.3. The Bertz CT molecular complexity index is 1370. The lowest BCUT2D eigenvalue weighted by molar-refractivity contribution is 0.0464. The van der Waals surface area contributed by atoms with E-state index in [1.165, 1.54) is 0 Å². The topological polar surface area (TPSA) is 143 Å². The number of hydrogen-bond acceptors (Lipinski definition) is 10. The lowest BCUT2D eigenvalue weighted by Gasteiger charge is -2.12. The smallest absolute Gasteiger partial charge is 0.339 e. The minimum Gasteiger partial charge on any atom is -0.495 e. The fourth-order valence-electron chi connectivity index (χ4n) is 3.51. The minimum atomic E-state index is -0.527. The highest BCUT2D eigenvalue weighted by Gasteiger charge is 2.20. The molecule has 0 aliphatic carbocycles. The summed E-state index contributed by atoms with van der Waals surface area (Å²) < 4.78 is 12.7. The number of fused-ring (bicyclic) bond motifs is 1. The Morgan fingerprint density at radius 1 is 1.11 bits per heavy atom. The molecule has 0 aliphatic rings. The third-order valence-corrected chi connectivity index (χ3v) is 5.27. The molecular weight excluding hydrogens is 448 g/mol. The Hall–Kier alpha value is -4.28. The molecule has 182 valence electrons. The molecule has 3 aromatic heterocycles. The lowest BCUT2D eigenvalue weighted by atomic mass is 10.1. The van der Waals surface area contributed by atoms with Crippen molar-refractivity contribution in [2.75, 3.05) is 18.2 Å². The number of ether oxygens (including phenoxy) is 2. The van der Waals surface area contributed by atoms with Crippen LogP contribution in [0, 0.1) is 0 Å². The molecule has 3 heterocycles. The summed E-state index contributed by atoms with van der Waals surface area (Å²) in [5, 5.41) is 8.09. The number of anilines is 3. The van der Waals surface area contributed by atoms with Gasteiger partial charge in [-0.3, -0.25) is 0 Å². The number of benzene rings is 1. The molecular formula is C24H28N8O3. The molecule has 11 heteroatoms. The van der Waals surface area contributed by atoms with Crippen LogP contribution in [0.1, 0.15) is 61.5 Å². The van der Waals surface area contributed by atoms with Gasteiger partial charge in [0.25, 0.3) is 0 Å². The molecule has 11 nitrogen and oxygen atoms in total. The van der Waals surface area contributed by atoms with Crippen LogP contribution in [0.25, 0.3) is 11.0 Å². The van der Waals surface area contributed by atoms with E-state index in [2.05, 4.69) is 25.4 Å². The summed E-state index contributed by atoms with van der Waals surface area (Å²) in [7, 11) is 1.57. The predicted molar refractivity (Wildman–Crippen MR) is 132 cm³/mol. The Kier molecular flexibility index (Phi) is 6.76. The predicted octanol–water partition coefficient (Wildman–Crippen LogP) is 4.01. The Morgan fingerprint density at radius 2 is 1.89 bits per heavy atom. The van der Waals surface area contributed by atoms with Crippen molar-refractivity contribution in [3.8, 4) is 5.75 Å². The first-order valence-corrected chi connectivity index (χ1v) is 11.2. The molecule has 4 aromatic rings. The number of para-hydroxylation sites is 2. The van der Waals surface area contributed by atoms with Gasteiger partial charge in [-0.1, -0.05) is 26.0 Å². The van der Waals surface area contributed by atoms with E-state index in [-0.39, 0.29) is 36.3 Å². The van der Waals surface area contributed by atoms with E-state index in [9.17, 15) is 4.79 Å². The quantitative estimate of drug-likeness (QED) is 0.358.